The lowest BCUT2D eigenvalue weighted by molar-refractivity contribution is 0.729. The van der Waals surface area contributed by atoms with E-state index in [4.69, 9.17) is 11.6 Å². The van der Waals surface area contributed by atoms with Gasteiger partial charge in [-0.3, -0.25) is 14.3 Å². The number of nitrogens with one attached hydrogen (secondary N) is 1. The molecule has 0 atom stereocenters. The van der Waals surface area contributed by atoms with E-state index in [-0.39, 0.29) is 0 Å². The smallest absolute Gasteiger partial charge is 0.309 e. The maximum Gasteiger partial charge on any atom is 0.329 e. The van der Waals surface area contributed by atoms with Gasteiger partial charge in [0.05, 0.1) is 6.54 Å². The molecule has 0 spiro atoms. The van der Waals surface area contributed by atoms with Crippen LogP contribution in [0.2, 0.25) is 5.02 Å². The van der Waals surface area contributed by atoms with Crippen LogP contribution >= 0.6 is 23.4 Å². The first-order valence-corrected chi connectivity index (χ1v) is 8.09. The molecule has 0 amide bonds. The normalized spacial score (nSPS) is 11.2. The average molecular weight is 337 g/mol. The molecule has 8 heteroatoms. The summed E-state index contributed by atoms with van der Waals surface area (Å²) in [6, 6.07) is 7.40. The summed E-state index contributed by atoms with van der Waals surface area (Å²) in [6.07, 6.45) is 1.88. The van der Waals surface area contributed by atoms with Crippen LogP contribution in [-0.4, -0.2) is 25.4 Å². The molecule has 2 aromatic heterocycles. The highest BCUT2D eigenvalue weighted by molar-refractivity contribution is 7.98. The number of rotatable bonds is 3. The fourth-order valence-electron chi connectivity index (χ4n) is 2.29. The van der Waals surface area contributed by atoms with Gasteiger partial charge in [-0.15, -0.1) is 0 Å². The van der Waals surface area contributed by atoms with E-state index in [1.54, 1.807) is 19.2 Å². The maximum atomic E-state index is 12.2. The predicted octanol–water partition coefficient (Wildman–Crippen LogP) is 1.85. The first-order valence-electron chi connectivity index (χ1n) is 6.49. The molecule has 114 valence electrons. The van der Waals surface area contributed by atoms with Crippen molar-refractivity contribution < 1.29 is 0 Å². The Labute approximate surface area is 134 Å². The number of aryl methyl sites for hydroxylation is 1. The summed E-state index contributed by atoms with van der Waals surface area (Å²) in [5.41, 5.74) is 0.863. The van der Waals surface area contributed by atoms with Crippen LogP contribution in [0.4, 0.5) is 0 Å². The van der Waals surface area contributed by atoms with Crippen molar-refractivity contribution in [1.82, 2.24) is 19.1 Å². The van der Waals surface area contributed by atoms with Crippen molar-refractivity contribution >= 4 is 34.5 Å². The van der Waals surface area contributed by atoms with E-state index >= 15 is 0 Å². The van der Waals surface area contributed by atoms with Crippen LogP contribution in [0.3, 0.4) is 0 Å². The van der Waals surface area contributed by atoms with E-state index in [1.807, 2.05) is 23.0 Å². The molecule has 0 aliphatic heterocycles. The predicted molar refractivity (Wildman–Crippen MR) is 87.9 cm³/mol. The molecule has 6 nitrogen and oxygen atoms in total. The van der Waals surface area contributed by atoms with Gasteiger partial charge in [-0.05, 0) is 24.0 Å². The van der Waals surface area contributed by atoms with Crippen molar-refractivity contribution in [2.24, 2.45) is 7.05 Å². The van der Waals surface area contributed by atoms with E-state index in [0.717, 1.165) is 5.56 Å². The third-order valence-corrected chi connectivity index (χ3v) is 4.34. The van der Waals surface area contributed by atoms with Crippen LogP contribution in [0.5, 0.6) is 0 Å². The standard InChI is InChI=1S/C14H13ClN4O2S/c1-18-11-10(12(20)17-13(18)21)19(14(16-11)22-2)7-8-3-5-9(15)6-4-8/h3-6H,7H2,1-2H3,(H,17,20,21). The van der Waals surface area contributed by atoms with Gasteiger partial charge in [-0.2, -0.15) is 0 Å². The summed E-state index contributed by atoms with van der Waals surface area (Å²) in [4.78, 5) is 30.6. The number of benzene rings is 1. The lowest BCUT2D eigenvalue weighted by atomic mass is 10.2. The van der Waals surface area contributed by atoms with Gasteiger partial charge in [-0.25, -0.2) is 9.78 Å². The number of thioether (sulfide) groups is 1. The van der Waals surface area contributed by atoms with Gasteiger partial charge in [0.25, 0.3) is 5.56 Å². The van der Waals surface area contributed by atoms with Crippen LogP contribution in [0.25, 0.3) is 11.2 Å². The van der Waals surface area contributed by atoms with Gasteiger partial charge in [0, 0.05) is 12.1 Å². The topological polar surface area (TPSA) is 72.7 Å². The summed E-state index contributed by atoms with van der Waals surface area (Å²) in [7, 11) is 1.59. The van der Waals surface area contributed by atoms with Gasteiger partial charge in [0.15, 0.2) is 16.3 Å². The van der Waals surface area contributed by atoms with Crippen LogP contribution < -0.4 is 11.2 Å². The molecular formula is C14H13ClN4O2S. The summed E-state index contributed by atoms with van der Waals surface area (Å²) in [5.74, 6) is 0. The van der Waals surface area contributed by atoms with E-state index in [9.17, 15) is 9.59 Å². The minimum Gasteiger partial charge on any atom is -0.309 e. The molecule has 0 aliphatic rings. The molecule has 0 bridgehead atoms. The first kappa shape index (κ1) is 14.9. The lowest BCUT2D eigenvalue weighted by Gasteiger charge is -2.07. The summed E-state index contributed by atoms with van der Waals surface area (Å²) < 4.78 is 3.15. The largest absolute Gasteiger partial charge is 0.329 e. The van der Waals surface area contributed by atoms with Gasteiger partial charge >= 0.3 is 5.69 Å². The summed E-state index contributed by atoms with van der Waals surface area (Å²) in [5, 5.41) is 1.33. The molecule has 1 aromatic carbocycles. The quantitative estimate of drug-likeness (QED) is 0.741. The molecule has 0 saturated heterocycles. The van der Waals surface area contributed by atoms with Crippen LogP contribution in [0.15, 0.2) is 39.0 Å². The van der Waals surface area contributed by atoms with Gasteiger partial charge in [-0.1, -0.05) is 35.5 Å². The number of fused-ring (bicyclic) bond motifs is 1. The number of hydrogen-bond donors (Lipinski definition) is 1. The van der Waals surface area contributed by atoms with Crippen molar-refractivity contribution in [3.05, 3.63) is 55.7 Å². The molecule has 0 fully saturated rings. The Morgan fingerprint density at radius 2 is 1.95 bits per heavy atom. The Balaban J connectivity index is 2.24. The van der Waals surface area contributed by atoms with Gasteiger partial charge < -0.3 is 4.57 Å². The second kappa shape index (κ2) is 5.66. The summed E-state index contributed by atoms with van der Waals surface area (Å²) in [6.45, 7) is 0.477. The average Bonchev–Trinajstić information content (AvgIpc) is 2.86. The molecule has 0 aliphatic carbocycles. The highest BCUT2D eigenvalue weighted by Crippen LogP contribution is 2.21. The Morgan fingerprint density at radius 3 is 2.59 bits per heavy atom. The number of H-pyrrole nitrogens is 1. The van der Waals surface area contributed by atoms with Crippen molar-refractivity contribution in [2.75, 3.05) is 6.26 Å². The third-order valence-electron chi connectivity index (χ3n) is 3.41. The third kappa shape index (κ3) is 2.46. The van der Waals surface area contributed by atoms with Crippen LogP contribution in [0.1, 0.15) is 5.56 Å². The van der Waals surface area contributed by atoms with Crippen molar-refractivity contribution in [3.63, 3.8) is 0 Å². The molecule has 22 heavy (non-hydrogen) atoms. The molecule has 1 N–H and O–H groups in total. The van der Waals surface area contributed by atoms with E-state index in [0.29, 0.717) is 27.9 Å². The van der Waals surface area contributed by atoms with Crippen LogP contribution in [-0.2, 0) is 13.6 Å². The van der Waals surface area contributed by atoms with Crippen LogP contribution in [0, 0.1) is 0 Å². The number of hydrogen-bond acceptors (Lipinski definition) is 4. The van der Waals surface area contributed by atoms with E-state index in [1.165, 1.54) is 16.3 Å². The highest BCUT2D eigenvalue weighted by Gasteiger charge is 2.16. The maximum absolute atomic E-state index is 12.2. The highest BCUT2D eigenvalue weighted by atomic mass is 35.5. The van der Waals surface area contributed by atoms with E-state index < -0.39 is 11.2 Å². The number of imidazole rings is 1. The first-order chi connectivity index (χ1) is 10.5. The minimum atomic E-state index is -0.471. The second-order valence-corrected chi connectivity index (χ2v) is 6.01. The monoisotopic (exact) mass is 336 g/mol. The zero-order chi connectivity index (χ0) is 15.9. The summed E-state index contributed by atoms with van der Waals surface area (Å²) >= 11 is 7.32. The molecule has 3 rings (SSSR count). The molecular weight excluding hydrogens is 324 g/mol. The lowest BCUT2D eigenvalue weighted by Crippen LogP contribution is -2.29. The fraction of sp³-hybridized carbons (Fsp3) is 0.214. The van der Waals surface area contributed by atoms with Crippen molar-refractivity contribution in [3.8, 4) is 0 Å². The fourth-order valence-corrected chi connectivity index (χ4v) is 2.97. The zero-order valence-electron chi connectivity index (χ0n) is 12.0. The molecule has 0 saturated carbocycles. The zero-order valence-corrected chi connectivity index (χ0v) is 13.5. The Bertz CT molecular complexity index is 956. The number of aromatic nitrogens is 4. The van der Waals surface area contributed by atoms with Crippen molar-refractivity contribution in [2.45, 2.75) is 11.7 Å². The molecule has 0 unspecified atom stereocenters. The van der Waals surface area contributed by atoms with Gasteiger partial charge in [0.2, 0.25) is 0 Å². The minimum absolute atomic E-state index is 0.382. The molecule has 3 aromatic rings. The Hall–Kier alpha value is -1.99. The number of nitrogens with zero attached hydrogens (tertiary/aromatic N) is 3. The van der Waals surface area contributed by atoms with E-state index in [2.05, 4.69) is 9.97 Å². The molecule has 0 radical (unpaired) electrons. The Morgan fingerprint density at radius 1 is 1.27 bits per heavy atom. The van der Waals surface area contributed by atoms with Crippen molar-refractivity contribution in [1.29, 1.82) is 0 Å². The van der Waals surface area contributed by atoms with Gasteiger partial charge in [0.1, 0.15) is 0 Å². The number of halogens is 1. The number of aromatic amines is 1. The SMILES string of the molecule is CSc1nc2c(c(=O)[nH]c(=O)n2C)n1Cc1ccc(Cl)cc1. The molecule has 2 heterocycles. The Kier molecular flexibility index (Phi) is 3.84. The second-order valence-electron chi connectivity index (χ2n) is 4.80.